The van der Waals surface area contributed by atoms with Crippen molar-refractivity contribution in [2.45, 2.75) is 52.4 Å². The van der Waals surface area contributed by atoms with Crippen LogP contribution in [0.15, 0.2) is 109 Å². The van der Waals surface area contributed by atoms with E-state index < -0.39 is 0 Å². The lowest BCUT2D eigenvalue weighted by atomic mass is 9.77. The summed E-state index contributed by atoms with van der Waals surface area (Å²) in [5.74, 6) is 0.866. The number of methoxy groups -OCH3 is 3. The molecule has 6 heteroatoms. The van der Waals surface area contributed by atoms with E-state index in [1.54, 1.807) is 21.3 Å². The highest BCUT2D eigenvalue weighted by molar-refractivity contribution is 5.69. The maximum Gasteiger partial charge on any atom is 0.308 e. The Morgan fingerprint density at radius 2 is 0.909 bits per heavy atom. The van der Waals surface area contributed by atoms with Crippen LogP contribution in [0.1, 0.15) is 63.8 Å². The van der Waals surface area contributed by atoms with Gasteiger partial charge in [-0.05, 0) is 34.9 Å². The van der Waals surface area contributed by atoms with E-state index in [9.17, 15) is 9.59 Å². The molecule has 4 aromatic carbocycles. The lowest BCUT2D eigenvalue weighted by Gasteiger charge is -2.28. The van der Waals surface area contributed by atoms with Gasteiger partial charge < -0.3 is 18.9 Å². The Bertz CT molecular complexity index is 1340. The van der Waals surface area contributed by atoms with Crippen LogP contribution < -0.4 is 9.47 Å². The Morgan fingerprint density at radius 1 is 0.523 bits per heavy atom. The van der Waals surface area contributed by atoms with Crippen molar-refractivity contribution in [3.63, 3.8) is 0 Å². The number of ether oxygens (including phenoxy) is 4. The SMILES string of the molecule is CC(C)(c1ccccc1)c1ccccc1.COC.COC(C)=O.COc1ccccc1C(C)(C)c1ccc(OC(C)=O)cc1. The molecule has 0 unspecified atom stereocenters. The van der Waals surface area contributed by atoms with E-state index in [1.807, 2.05) is 42.5 Å². The second-order valence-electron chi connectivity index (χ2n) is 10.9. The summed E-state index contributed by atoms with van der Waals surface area (Å²) in [6.45, 7) is 11.6. The van der Waals surface area contributed by atoms with Gasteiger partial charge in [-0.25, -0.2) is 0 Å². The highest BCUT2D eigenvalue weighted by atomic mass is 16.5. The minimum atomic E-state index is -0.313. The Balaban J connectivity index is 0.000000365. The molecule has 6 nitrogen and oxygen atoms in total. The topological polar surface area (TPSA) is 71.1 Å². The fourth-order valence-electron chi connectivity index (χ4n) is 4.30. The first kappa shape index (κ1) is 37.6. The van der Waals surface area contributed by atoms with Gasteiger partial charge in [0.25, 0.3) is 0 Å². The normalized spacial score (nSPS) is 10.3. The largest absolute Gasteiger partial charge is 0.496 e. The van der Waals surface area contributed by atoms with Crippen molar-refractivity contribution >= 4 is 11.9 Å². The maximum atomic E-state index is 11.0. The van der Waals surface area contributed by atoms with E-state index in [0.29, 0.717) is 5.75 Å². The summed E-state index contributed by atoms with van der Waals surface area (Å²) in [4.78, 5) is 20.6. The van der Waals surface area contributed by atoms with Crippen LogP contribution in [0.5, 0.6) is 11.5 Å². The fraction of sp³-hybridized carbons (Fsp3) is 0.316. The molecule has 0 aromatic heterocycles. The van der Waals surface area contributed by atoms with Crippen molar-refractivity contribution in [3.8, 4) is 11.5 Å². The van der Waals surface area contributed by atoms with Gasteiger partial charge in [0.1, 0.15) is 11.5 Å². The van der Waals surface area contributed by atoms with Crippen LogP contribution in [0.4, 0.5) is 0 Å². The van der Waals surface area contributed by atoms with Gasteiger partial charge in [0.15, 0.2) is 0 Å². The number of benzene rings is 4. The minimum Gasteiger partial charge on any atom is -0.496 e. The first-order valence-electron chi connectivity index (χ1n) is 14.3. The Kier molecular flexibility index (Phi) is 16.2. The molecule has 0 amide bonds. The summed E-state index contributed by atoms with van der Waals surface area (Å²) in [5.41, 5.74) is 4.84. The second-order valence-corrected chi connectivity index (χ2v) is 10.9. The number of hydrogen-bond acceptors (Lipinski definition) is 6. The lowest BCUT2D eigenvalue weighted by molar-refractivity contribution is -0.138. The highest BCUT2D eigenvalue weighted by Crippen LogP contribution is 2.37. The molecule has 0 aliphatic rings. The highest BCUT2D eigenvalue weighted by Gasteiger charge is 2.26. The zero-order valence-electron chi connectivity index (χ0n) is 27.8. The predicted molar refractivity (Wildman–Crippen MR) is 179 cm³/mol. The lowest BCUT2D eigenvalue weighted by Crippen LogP contribution is -2.19. The van der Waals surface area contributed by atoms with Crippen LogP contribution in [0, 0.1) is 0 Å². The summed E-state index contributed by atoms with van der Waals surface area (Å²) in [5, 5.41) is 0. The summed E-state index contributed by atoms with van der Waals surface area (Å²) < 4.78 is 18.9. The van der Waals surface area contributed by atoms with E-state index in [4.69, 9.17) is 9.47 Å². The van der Waals surface area contributed by atoms with Crippen molar-refractivity contribution < 1.29 is 28.5 Å². The molecule has 4 aromatic rings. The van der Waals surface area contributed by atoms with Crippen LogP contribution in [0.3, 0.4) is 0 Å². The summed E-state index contributed by atoms with van der Waals surface area (Å²) >= 11 is 0. The van der Waals surface area contributed by atoms with E-state index >= 15 is 0 Å². The zero-order valence-corrected chi connectivity index (χ0v) is 27.8. The third kappa shape index (κ3) is 12.1. The molecule has 0 bridgehead atoms. The van der Waals surface area contributed by atoms with Crippen molar-refractivity contribution in [1.82, 2.24) is 0 Å². The molecule has 236 valence electrons. The van der Waals surface area contributed by atoms with Crippen molar-refractivity contribution in [1.29, 1.82) is 0 Å². The Morgan fingerprint density at radius 3 is 1.30 bits per heavy atom. The molecule has 44 heavy (non-hydrogen) atoms. The molecular weight excluding hydrogens is 552 g/mol. The van der Waals surface area contributed by atoms with Gasteiger partial charge in [0.2, 0.25) is 0 Å². The standard InChI is InChI=1S/C18H20O3.C15H16.C3H6O2.C2H6O/c1-13(19)21-15-11-9-14(10-12-15)18(2,3)16-7-5-6-8-17(16)20-4;1-15(2,13-9-5-3-6-10-13)14-11-7-4-8-12-14;1-3(4)5-2;1-3-2/h5-12H,1-4H3;3-12H,1-2H3;1-2H3;1-2H3. The van der Waals surface area contributed by atoms with Crippen LogP contribution in [0.25, 0.3) is 0 Å². The minimum absolute atomic E-state index is 0.0858. The number of carbonyl (C=O) groups excluding carboxylic acids is 2. The second kappa shape index (κ2) is 19.0. The zero-order chi connectivity index (χ0) is 33.2. The number of hydrogen-bond donors (Lipinski definition) is 0. The van der Waals surface area contributed by atoms with Gasteiger partial charge in [0, 0.05) is 44.5 Å². The number of rotatable bonds is 6. The van der Waals surface area contributed by atoms with Crippen molar-refractivity contribution in [2.75, 3.05) is 28.4 Å². The van der Waals surface area contributed by atoms with Crippen molar-refractivity contribution in [3.05, 3.63) is 131 Å². The molecule has 0 radical (unpaired) electrons. The van der Waals surface area contributed by atoms with Gasteiger partial charge in [-0.1, -0.05) is 119 Å². The molecule has 0 N–H and O–H groups in total. The van der Waals surface area contributed by atoms with Gasteiger partial charge in [-0.15, -0.1) is 0 Å². The quantitative estimate of drug-likeness (QED) is 0.163. The number of para-hydroxylation sites is 1. The third-order valence-corrected chi connectivity index (χ3v) is 6.90. The summed E-state index contributed by atoms with van der Waals surface area (Å²) in [6, 6.07) is 36.8. The first-order valence-corrected chi connectivity index (χ1v) is 14.3. The van der Waals surface area contributed by atoms with Crippen molar-refractivity contribution in [2.24, 2.45) is 0 Å². The van der Waals surface area contributed by atoms with E-state index in [2.05, 4.69) is 104 Å². The third-order valence-electron chi connectivity index (χ3n) is 6.90. The predicted octanol–water partition coefficient (Wildman–Crippen LogP) is 8.40. The van der Waals surface area contributed by atoms with E-state index in [1.165, 1.54) is 32.1 Å². The molecule has 0 aliphatic heterocycles. The van der Waals surface area contributed by atoms with Crippen LogP contribution in [0.2, 0.25) is 0 Å². The van der Waals surface area contributed by atoms with Crippen LogP contribution in [-0.4, -0.2) is 40.4 Å². The Labute approximate surface area is 264 Å². The fourth-order valence-corrected chi connectivity index (χ4v) is 4.30. The average molecular weight is 601 g/mol. The summed E-state index contributed by atoms with van der Waals surface area (Å²) in [6.07, 6.45) is 0. The molecule has 0 spiro atoms. The van der Waals surface area contributed by atoms with Crippen LogP contribution in [-0.2, 0) is 29.9 Å². The molecule has 0 aliphatic carbocycles. The monoisotopic (exact) mass is 600 g/mol. The molecule has 0 fully saturated rings. The van der Waals surface area contributed by atoms with Gasteiger partial charge >= 0.3 is 11.9 Å². The molecule has 0 saturated carbocycles. The molecule has 0 heterocycles. The first-order chi connectivity index (χ1) is 20.8. The van der Waals surface area contributed by atoms with Gasteiger partial charge in [-0.3, -0.25) is 9.59 Å². The molecular formula is C38H48O6. The molecule has 0 saturated heterocycles. The average Bonchev–Trinajstić information content (AvgIpc) is 3.03. The Hall–Kier alpha value is -4.42. The van der Waals surface area contributed by atoms with E-state index in [0.717, 1.165) is 16.9 Å². The van der Waals surface area contributed by atoms with Gasteiger partial charge in [0.05, 0.1) is 14.2 Å². The number of carbonyl (C=O) groups is 2. The maximum absolute atomic E-state index is 11.0. The van der Waals surface area contributed by atoms with Crippen LogP contribution >= 0.6 is 0 Å². The summed E-state index contributed by atoms with van der Waals surface area (Å²) in [7, 11) is 6.28. The molecule has 4 rings (SSSR count). The molecule has 0 atom stereocenters. The van der Waals surface area contributed by atoms with Gasteiger partial charge in [-0.2, -0.15) is 0 Å². The number of esters is 2. The smallest absolute Gasteiger partial charge is 0.308 e. The van der Waals surface area contributed by atoms with E-state index in [-0.39, 0.29) is 22.8 Å².